The molecule has 0 aliphatic heterocycles. The minimum Gasteiger partial charge on any atom is -0.485 e. The van der Waals surface area contributed by atoms with Crippen LogP contribution >= 0.6 is 0 Å². The molecule has 1 N–H and O–H groups in total. The molecule has 0 aliphatic rings. The van der Waals surface area contributed by atoms with Crippen LogP contribution in [-0.2, 0) is 13.0 Å². The van der Waals surface area contributed by atoms with Crippen molar-refractivity contribution in [2.75, 3.05) is 6.54 Å². The first kappa shape index (κ1) is 17.7. The molecule has 0 radical (unpaired) electrons. The normalized spacial score (nSPS) is 10.7. The van der Waals surface area contributed by atoms with Crippen LogP contribution in [-0.4, -0.2) is 27.6 Å². The summed E-state index contributed by atoms with van der Waals surface area (Å²) in [7, 11) is 0. The first-order chi connectivity index (χ1) is 13.8. The molecule has 4 rings (SSSR count). The highest BCUT2D eigenvalue weighted by Crippen LogP contribution is 2.25. The van der Waals surface area contributed by atoms with Crippen molar-refractivity contribution in [3.05, 3.63) is 84.3 Å². The summed E-state index contributed by atoms with van der Waals surface area (Å²) in [6.07, 6.45) is 7.68. The fraction of sp³-hybridized carbons (Fsp3) is 0.143. The summed E-state index contributed by atoms with van der Waals surface area (Å²) in [5.41, 5.74) is 1.34. The quantitative estimate of drug-likeness (QED) is 0.534. The smallest absolute Gasteiger partial charge is 0.273 e. The highest BCUT2D eigenvalue weighted by Gasteiger charge is 2.13. The lowest BCUT2D eigenvalue weighted by Crippen LogP contribution is -2.25. The Balaban J connectivity index is 1.33. The molecular weight excluding hydrogens is 356 g/mol. The molecule has 0 unspecified atom stereocenters. The van der Waals surface area contributed by atoms with Crippen LogP contribution in [0.15, 0.2) is 71.8 Å². The van der Waals surface area contributed by atoms with Gasteiger partial charge in [-0.1, -0.05) is 17.3 Å². The molecule has 4 aromatic rings. The molecule has 28 heavy (non-hydrogen) atoms. The van der Waals surface area contributed by atoms with Crippen LogP contribution in [0.4, 0.5) is 0 Å². The van der Waals surface area contributed by atoms with Crippen molar-refractivity contribution >= 4 is 16.7 Å². The SMILES string of the molecule is O=C(NCCc1ccncc1)c1cc(COc2cccc3cnccc23)on1. The number of rotatable bonds is 7. The van der Waals surface area contributed by atoms with Gasteiger partial charge in [-0.05, 0) is 36.2 Å². The first-order valence-corrected chi connectivity index (χ1v) is 8.88. The lowest BCUT2D eigenvalue weighted by molar-refractivity contribution is 0.0944. The minimum atomic E-state index is -0.278. The molecule has 0 atom stereocenters. The Morgan fingerprint density at radius 3 is 2.82 bits per heavy atom. The topological polar surface area (TPSA) is 90.1 Å². The summed E-state index contributed by atoms with van der Waals surface area (Å²) in [4.78, 5) is 20.3. The van der Waals surface area contributed by atoms with Gasteiger partial charge in [-0.2, -0.15) is 0 Å². The highest BCUT2D eigenvalue weighted by atomic mass is 16.5. The van der Waals surface area contributed by atoms with Gasteiger partial charge >= 0.3 is 0 Å². The second-order valence-electron chi connectivity index (χ2n) is 6.18. The summed E-state index contributed by atoms with van der Waals surface area (Å²) in [5, 5.41) is 8.61. The zero-order valence-electron chi connectivity index (χ0n) is 15.0. The van der Waals surface area contributed by atoms with Gasteiger partial charge in [0.2, 0.25) is 0 Å². The van der Waals surface area contributed by atoms with Gasteiger partial charge in [0.1, 0.15) is 12.4 Å². The number of aromatic nitrogens is 3. The average molecular weight is 374 g/mol. The van der Waals surface area contributed by atoms with E-state index >= 15 is 0 Å². The molecule has 7 heteroatoms. The van der Waals surface area contributed by atoms with E-state index in [-0.39, 0.29) is 18.2 Å². The van der Waals surface area contributed by atoms with Gasteiger partial charge in [-0.25, -0.2) is 0 Å². The Kier molecular flexibility index (Phi) is 5.24. The Morgan fingerprint density at radius 1 is 1.07 bits per heavy atom. The van der Waals surface area contributed by atoms with E-state index in [0.29, 0.717) is 12.3 Å². The lowest BCUT2D eigenvalue weighted by Gasteiger charge is -2.07. The average Bonchev–Trinajstić information content (AvgIpc) is 3.22. The summed E-state index contributed by atoms with van der Waals surface area (Å²) in [6, 6.07) is 13.1. The van der Waals surface area contributed by atoms with E-state index in [4.69, 9.17) is 9.26 Å². The molecule has 3 heterocycles. The van der Waals surface area contributed by atoms with Crippen molar-refractivity contribution in [3.63, 3.8) is 0 Å². The van der Waals surface area contributed by atoms with E-state index in [9.17, 15) is 4.79 Å². The van der Waals surface area contributed by atoms with Crippen LogP contribution in [0.3, 0.4) is 0 Å². The third kappa shape index (κ3) is 4.15. The zero-order valence-corrected chi connectivity index (χ0v) is 15.0. The Hall–Kier alpha value is -3.74. The Bertz CT molecular complexity index is 1070. The molecule has 0 fully saturated rings. The lowest BCUT2D eigenvalue weighted by atomic mass is 10.1. The predicted molar refractivity (Wildman–Crippen MR) is 103 cm³/mol. The standard InChI is InChI=1S/C21H18N4O3/c26-21(24-11-6-15-4-8-22-9-5-15)19-12-17(28-25-19)14-27-20-3-1-2-16-13-23-10-7-18(16)20/h1-5,7-10,12-13H,6,11,14H2,(H,24,26). The predicted octanol–water partition coefficient (Wildman–Crippen LogP) is 3.17. The zero-order chi connectivity index (χ0) is 19.2. The molecule has 0 spiro atoms. The maximum atomic E-state index is 12.2. The van der Waals surface area contributed by atoms with Crippen LogP contribution in [0.5, 0.6) is 5.75 Å². The number of benzene rings is 1. The van der Waals surface area contributed by atoms with E-state index in [1.807, 2.05) is 36.4 Å². The van der Waals surface area contributed by atoms with Crippen molar-refractivity contribution in [1.29, 1.82) is 0 Å². The number of hydrogen-bond donors (Lipinski definition) is 1. The number of carbonyl (C=O) groups excluding carboxylic acids is 1. The maximum Gasteiger partial charge on any atom is 0.273 e. The van der Waals surface area contributed by atoms with Crippen LogP contribution in [0.1, 0.15) is 21.8 Å². The van der Waals surface area contributed by atoms with Gasteiger partial charge in [0, 0.05) is 48.2 Å². The number of hydrogen-bond acceptors (Lipinski definition) is 6. The van der Waals surface area contributed by atoms with E-state index in [0.717, 1.165) is 28.5 Å². The Morgan fingerprint density at radius 2 is 1.93 bits per heavy atom. The van der Waals surface area contributed by atoms with Crippen molar-refractivity contribution < 1.29 is 14.1 Å². The van der Waals surface area contributed by atoms with E-state index < -0.39 is 0 Å². The van der Waals surface area contributed by atoms with Gasteiger partial charge in [0.05, 0.1) is 0 Å². The second-order valence-corrected chi connectivity index (χ2v) is 6.18. The van der Waals surface area contributed by atoms with Crippen molar-refractivity contribution in [3.8, 4) is 5.75 Å². The van der Waals surface area contributed by atoms with Gasteiger partial charge in [0.25, 0.3) is 5.91 Å². The van der Waals surface area contributed by atoms with Crippen molar-refractivity contribution in [2.24, 2.45) is 0 Å². The van der Waals surface area contributed by atoms with Crippen LogP contribution in [0, 0.1) is 0 Å². The van der Waals surface area contributed by atoms with Crippen molar-refractivity contribution in [2.45, 2.75) is 13.0 Å². The fourth-order valence-electron chi connectivity index (χ4n) is 2.82. The van der Waals surface area contributed by atoms with Gasteiger partial charge in [0.15, 0.2) is 11.5 Å². The number of fused-ring (bicyclic) bond motifs is 1. The molecule has 7 nitrogen and oxygen atoms in total. The van der Waals surface area contributed by atoms with E-state index in [1.165, 1.54) is 0 Å². The number of ether oxygens (including phenoxy) is 1. The molecular formula is C21H18N4O3. The molecule has 0 saturated carbocycles. The molecule has 1 amide bonds. The summed E-state index contributed by atoms with van der Waals surface area (Å²) >= 11 is 0. The summed E-state index contributed by atoms with van der Waals surface area (Å²) in [5.74, 6) is 0.922. The fourth-order valence-corrected chi connectivity index (χ4v) is 2.82. The number of nitrogens with zero attached hydrogens (tertiary/aromatic N) is 3. The third-order valence-electron chi connectivity index (χ3n) is 4.25. The third-order valence-corrected chi connectivity index (χ3v) is 4.25. The highest BCUT2D eigenvalue weighted by molar-refractivity contribution is 5.92. The second kappa shape index (κ2) is 8.30. The molecule has 140 valence electrons. The summed E-state index contributed by atoms with van der Waals surface area (Å²) in [6.45, 7) is 0.685. The van der Waals surface area contributed by atoms with Gasteiger partial charge in [-0.3, -0.25) is 14.8 Å². The minimum absolute atomic E-state index is 0.179. The molecule has 0 saturated heterocycles. The largest absolute Gasteiger partial charge is 0.485 e. The van der Waals surface area contributed by atoms with Gasteiger partial charge in [-0.15, -0.1) is 0 Å². The van der Waals surface area contributed by atoms with Gasteiger partial charge < -0.3 is 14.6 Å². The van der Waals surface area contributed by atoms with E-state index in [2.05, 4.69) is 20.4 Å². The van der Waals surface area contributed by atoms with Crippen LogP contribution in [0.2, 0.25) is 0 Å². The number of carbonyl (C=O) groups is 1. The number of pyridine rings is 2. The molecule has 0 aliphatic carbocycles. The van der Waals surface area contributed by atoms with E-state index in [1.54, 1.807) is 30.9 Å². The monoisotopic (exact) mass is 374 g/mol. The summed E-state index contributed by atoms with van der Waals surface area (Å²) < 4.78 is 11.1. The number of amides is 1. The van der Waals surface area contributed by atoms with Crippen molar-refractivity contribution in [1.82, 2.24) is 20.4 Å². The first-order valence-electron chi connectivity index (χ1n) is 8.88. The van der Waals surface area contributed by atoms with Crippen LogP contribution < -0.4 is 10.1 Å². The van der Waals surface area contributed by atoms with Crippen LogP contribution in [0.25, 0.3) is 10.8 Å². The number of nitrogens with one attached hydrogen (secondary N) is 1. The molecule has 1 aromatic carbocycles. The maximum absolute atomic E-state index is 12.2. The Labute approximate surface area is 161 Å². The molecule has 3 aromatic heterocycles. The molecule has 0 bridgehead atoms.